The molecule has 2 aromatic rings. The van der Waals surface area contributed by atoms with E-state index in [1.165, 1.54) is 9.75 Å². The summed E-state index contributed by atoms with van der Waals surface area (Å²) >= 11 is 6.89. The Morgan fingerprint density at radius 1 is 1.38 bits per heavy atom. The SMILES string of the molecule is Cc1nc(-c2ccc(Br)s2)sc1CCCO. The van der Waals surface area contributed by atoms with Crippen molar-refractivity contribution >= 4 is 38.6 Å². The average Bonchev–Trinajstić information content (AvgIpc) is 2.82. The number of aliphatic hydroxyl groups is 1. The van der Waals surface area contributed by atoms with E-state index < -0.39 is 0 Å². The Balaban J connectivity index is 2.23. The predicted octanol–water partition coefficient (Wildman–Crippen LogP) is 3.87. The molecule has 0 saturated carbocycles. The van der Waals surface area contributed by atoms with Crippen LogP contribution < -0.4 is 0 Å². The second-order valence-electron chi connectivity index (χ2n) is 3.46. The first kappa shape index (κ1) is 12.2. The Morgan fingerprint density at radius 2 is 2.19 bits per heavy atom. The Kier molecular flexibility index (Phi) is 4.13. The van der Waals surface area contributed by atoms with Gasteiger partial charge in [0.2, 0.25) is 0 Å². The van der Waals surface area contributed by atoms with Crippen molar-refractivity contribution in [2.24, 2.45) is 0 Å². The Bertz CT molecular complexity index is 478. The molecule has 2 nitrogen and oxygen atoms in total. The zero-order valence-corrected chi connectivity index (χ0v) is 12.1. The molecule has 5 heteroatoms. The van der Waals surface area contributed by atoms with Gasteiger partial charge in [-0.25, -0.2) is 4.98 Å². The van der Waals surface area contributed by atoms with Gasteiger partial charge in [0, 0.05) is 11.5 Å². The van der Waals surface area contributed by atoms with Gasteiger partial charge in [0.15, 0.2) is 0 Å². The first-order valence-electron chi connectivity index (χ1n) is 5.03. The summed E-state index contributed by atoms with van der Waals surface area (Å²) in [6, 6.07) is 4.13. The van der Waals surface area contributed by atoms with Crippen molar-refractivity contribution < 1.29 is 5.11 Å². The predicted molar refractivity (Wildman–Crippen MR) is 73.3 cm³/mol. The van der Waals surface area contributed by atoms with Gasteiger partial charge in [-0.3, -0.25) is 0 Å². The van der Waals surface area contributed by atoms with Gasteiger partial charge in [0.05, 0.1) is 14.4 Å². The molecule has 86 valence electrons. The van der Waals surface area contributed by atoms with Crippen molar-refractivity contribution in [1.29, 1.82) is 0 Å². The first-order valence-corrected chi connectivity index (χ1v) is 7.46. The number of aliphatic hydroxyl groups excluding tert-OH is 1. The van der Waals surface area contributed by atoms with Crippen molar-refractivity contribution in [2.75, 3.05) is 6.61 Å². The van der Waals surface area contributed by atoms with Crippen LogP contribution >= 0.6 is 38.6 Å². The minimum atomic E-state index is 0.247. The second kappa shape index (κ2) is 5.40. The number of hydrogen-bond donors (Lipinski definition) is 1. The summed E-state index contributed by atoms with van der Waals surface area (Å²) in [5.41, 5.74) is 1.10. The van der Waals surface area contributed by atoms with Crippen molar-refractivity contribution in [2.45, 2.75) is 19.8 Å². The normalized spacial score (nSPS) is 10.9. The highest BCUT2D eigenvalue weighted by Gasteiger charge is 2.10. The third-order valence-corrected chi connectivity index (χ3v) is 5.25. The molecule has 0 spiro atoms. The summed E-state index contributed by atoms with van der Waals surface area (Å²) < 4.78 is 1.13. The molecule has 0 aromatic carbocycles. The summed E-state index contributed by atoms with van der Waals surface area (Å²) in [7, 11) is 0. The summed E-state index contributed by atoms with van der Waals surface area (Å²) in [6.45, 7) is 2.28. The van der Waals surface area contributed by atoms with E-state index in [4.69, 9.17) is 5.11 Å². The third kappa shape index (κ3) is 2.71. The van der Waals surface area contributed by atoms with Crippen LogP contribution in [0.15, 0.2) is 15.9 Å². The molecule has 0 radical (unpaired) electrons. The topological polar surface area (TPSA) is 33.1 Å². The van der Waals surface area contributed by atoms with Crippen LogP contribution in [0.2, 0.25) is 0 Å². The van der Waals surface area contributed by atoms with E-state index in [9.17, 15) is 0 Å². The quantitative estimate of drug-likeness (QED) is 0.928. The van der Waals surface area contributed by atoms with Crippen molar-refractivity contribution in [1.82, 2.24) is 4.98 Å². The molecule has 1 N–H and O–H groups in total. The maximum Gasteiger partial charge on any atom is 0.133 e. The van der Waals surface area contributed by atoms with Crippen LogP contribution in [-0.4, -0.2) is 16.7 Å². The van der Waals surface area contributed by atoms with Gasteiger partial charge in [-0.1, -0.05) is 0 Å². The smallest absolute Gasteiger partial charge is 0.133 e. The number of rotatable bonds is 4. The van der Waals surface area contributed by atoms with Crippen LogP contribution in [-0.2, 0) is 6.42 Å². The fourth-order valence-corrected chi connectivity index (χ4v) is 3.98. The molecule has 0 amide bonds. The fraction of sp³-hybridized carbons (Fsp3) is 0.364. The van der Waals surface area contributed by atoms with Crippen LogP contribution in [0, 0.1) is 6.92 Å². The van der Waals surface area contributed by atoms with Gasteiger partial charge < -0.3 is 5.11 Å². The molecule has 2 aromatic heterocycles. The molecule has 2 rings (SSSR count). The van der Waals surface area contributed by atoms with Gasteiger partial charge in [-0.2, -0.15) is 0 Å². The highest BCUT2D eigenvalue weighted by molar-refractivity contribution is 9.11. The number of aryl methyl sites for hydroxylation is 2. The zero-order chi connectivity index (χ0) is 11.5. The molecule has 0 aliphatic heterocycles. The highest BCUT2D eigenvalue weighted by atomic mass is 79.9. The monoisotopic (exact) mass is 317 g/mol. The third-order valence-electron chi connectivity index (χ3n) is 2.24. The molecule has 0 saturated heterocycles. The van der Waals surface area contributed by atoms with Crippen molar-refractivity contribution in [3.8, 4) is 9.88 Å². The van der Waals surface area contributed by atoms with Gasteiger partial charge in [-0.05, 0) is 47.8 Å². The first-order chi connectivity index (χ1) is 7.70. The van der Waals surface area contributed by atoms with E-state index in [-0.39, 0.29) is 6.61 Å². The lowest BCUT2D eigenvalue weighted by molar-refractivity contribution is 0.289. The summed E-state index contributed by atoms with van der Waals surface area (Å²) in [6.07, 6.45) is 1.74. The van der Waals surface area contributed by atoms with E-state index >= 15 is 0 Å². The second-order valence-corrected chi connectivity index (χ2v) is 7.01. The minimum Gasteiger partial charge on any atom is -0.396 e. The number of thiazole rings is 1. The average molecular weight is 318 g/mol. The standard InChI is InChI=1S/C11H12BrNOS2/c1-7-8(3-2-6-14)16-11(13-7)9-4-5-10(12)15-9/h4-5,14H,2-3,6H2,1H3. The molecule has 16 heavy (non-hydrogen) atoms. The van der Waals surface area contributed by atoms with Gasteiger partial charge in [0.25, 0.3) is 0 Å². The van der Waals surface area contributed by atoms with Crippen molar-refractivity contribution in [3.05, 3.63) is 26.5 Å². The zero-order valence-electron chi connectivity index (χ0n) is 8.86. The number of aromatic nitrogens is 1. The number of halogens is 1. The van der Waals surface area contributed by atoms with Crippen LogP contribution in [0.1, 0.15) is 17.0 Å². The lowest BCUT2D eigenvalue weighted by Gasteiger charge is -1.93. The number of thiophene rings is 1. The van der Waals surface area contributed by atoms with Crippen LogP contribution in [0.5, 0.6) is 0 Å². The molecule has 0 unspecified atom stereocenters. The lowest BCUT2D eigenvalue weighted by Crippen LogP contribution is -1.88. The largest absolute Gasteiger partial charge is 0.396 e. The molecule has 0 aliphatic carbocycles. The Hall–Kier alpha value is -0.230. The van der Waals surface area contributed by atoms with Crippen LogP contribution in [0.4, 0.5) is 0 Å². The Labute approximate surface area is 111 Å². The molecular formula is C11H12BrNOS2. The van der Waals surface area contributed by atoms with E-state index in [0.717, 1.165) is 27.3 Å². The maximum atomic E-state index is 8.83. The van der Waals surface area contributed by atoms with Crippen LogP contribution in [0.25, 0.3) is 9.88 Å². The fourth-order valence-electron chi connectivity index (χ4n) is 1.43. The number of hydrogen-bond acceptors (Lipinski definition) is 4. The number of nitrogens with zero attached hydrogens (tertiary/aromatic N) is 1. The summed E-state index contributed by atoms with van der Waals surface area (Å²) in [5.74, 6) is 0. The summed E-state index contributed by atoms with van der Waals surface area (Å²) in [5, 5.41) is 9.91. The molecule has 0 bridgehead atoms. The molecule has 2 heterocycles. The van der Waals surface area contributed by atoms with E-state index in [2.05, 4.69) is 27.0 Å². The maximum absolute atomic E-state index is 8.83. The van der Waals surface area contributed by atoms with E-state index in [1.807, 2.05) is 13.0 Å². The Morgan fingerprint density at radius 3 is 2.81 bits per heavy atom. The highest BCUT2D eigenvalue weighted by Crippen LogP contribution is 2.35. The lowest BCUT2D eigenvalue weighted by atomic mass is 10.2. The minimum absolute atomic E-state index is 0.247. The molecular weight excluding hydrogens is 306 g/mol. The van der Waals surface area contributed by atoms with E-state index in [1.54, 1.807) is 22.7 Å². The van der Waals surface area contributed by atoms with Gasteiger partial charge >= 0.3 is 0 Å². The van der Waals surface area contributed by atoms with E-state index in [0.29, 0.717) is 0 Å². The van der Waals surface area contributed by atoms with Crippen LogP contribution in [0.3, 0.4) is 0 Å². The summed E-state index contributed by atoms with van der Waals surface area (Å²) in [4.78, 5) is 7.06. The van der Waals surface area contributed by atoms with Gasteiger partial charge in [0.1, 0.15) is 5.01 Å². The molecule has 0 fully saturated rings. The molecule has 0 aliphatic rings. The molecule has 0 atom stereocenters. The van der Waals surface area contributed by atoms with Crippen molar-refractivity contribution in [3.63, 3.8) is 0 Å². The van der Waals surface area contributed by atoms with Gasteiger partial charge in [-0.15, -0.1) is 22.7 Å².